The number of carboxylic acid groups (broad SMARTS) is 1. The van der Waals surface area contributed by atoms with Gasteiger partial charge in [0.2, 0.25) is 0 Å². The molecular weight excluding hydrogens is 360 g/mol. The van der Waals surface area contributed by atoms with E-state index in [2.05, 4.69) is 6.92 Å². The van der Waals surface area contributed by atoms with E-state index in [1.165, 1.54) is 83.5 Å². The zero-order chi connectivity index (χ0) is 19.1. The SMILES string of the molecule is CCCCCCCCCCCCCCCCCC(=O)O.[Ca+2].[H-].[H-].c1ccccc1. The molecule has 154 valence electrons. The maximum atomic E-state index is 10.3. The third-order valence-electron chi connectivity index (χ3n) is 4.66. The second-order valence-electron chi connectivity index (χ2n) is 7.25. The predicted molar refractivity (Wildman–Crippen MR) is 122 cm³/mol. The molecule has 0 aliphatic rings. The summed E-state index contributed by atoms with van der Waals surface area (Å²) in [6.07, 6.45) is 20.2. The Kier molecular flexibility index (Phi) is 28.0. The zero-order valence-electron chi connectivity index (χ0n) is 19.8. The fourth-order valence-electron chi connectivity index (χ4n) is 3.03. The number of aliphatic carboxylic acids is 1. The smallest absolute Gasteiger partial charge is 1.00 e. The normalized spacial score (nSPS) is 9.81. The quantitative estimate of drug-likeness (QED) is 0.225. The number of hydrogen-bond donors (Lipinski definition) is 1. The van der Waals surface area contributed by atoms with Crippen LogP contribution in [-0.2, 0) is 4.79 Å². The molecule has 0 unspecified atom stereocenters. The van der Waals surface area contributed by atoms with Crippen molar-refractivity contribution in [1.82, 2.24) is 0 Å². The molecule has 0 radical (unpaired) electrons. The van der Waals surface area contributed by atoms with Crippen LogP contribution in [0.15, 0.2) is 36.4 Å². The van der Waals surface area contributed by atoms with E-state index in [1.54, 1.807) is 0 Å². The van der Waals surface area contributed by atoms with Gasteiger partial charge in [-0.3, -0.25) is 4.79 Å². The summed E-state index contributed by atoms with van der Waals surface area (Å²) in [5.41, 5.74) is 0. The third-order valence-corrected chi connectivity index (χ3v) is 4.66. The van der Waals surface area contributed by atoms with Gasteiger partial charge in [0.25, 0.3) is 0 Å². The number of carboxylic acids is 1. The molecule has 0 saturated heterocycles. The summed E-state index contributed by atoms with van der Waals surface area (Å²) >= 11 is 0. The monoisotopic (exact) mass is 404 g/mol. The van der Waals surface area contributed by atoms with Gasteiger partial charge in [0.05, 0.1) is 0 Å². The number of rotatable bonds is 16. The fourth-order valence-corrected chi connectivity index (χ4v) is 3.03. The van der Waals surface area contributed by atoms with Crippen LogP contribution in [0.2, 0.25) is 0 Å². The molecule has 0 aliphatic heterocycles. The third kappa shape index (κ3) is 28.3. The van der Waals surface area contributed by atoms with Crippen molar-refractivity contribution < 1.29 is 12.8 Å². The summed E-state index contributed by atoms with van der Waals surface area (Å²) in [6, 6.07) is 12.0. The number of carbonyl (C=O) groups is 1. The van der Waals surface area contributed by atoms with Crippen molar-refractivity contribution in [3.8, 4) is 0 Å². The summed E-state index contributed by atoms with van der Waals surface area (Å²) in [5.74, 6) is -0.653. The summed E-state index contributed by atoms with van der Waals surface area (Å²) in [6.45, 7) is 2.27. The van der Waals surface area contributed by atoms with Crippen LogP contribution in [-0.4, -0.2) is 48.8 Å². The van der Waals surface area contributed by atoms with Crippen molar-refractivity contribution in [3.05, 3.63) is 36.4 Å². The molecule has 0 aromatic heterocycles. The van der Waals surface area contributed by atoms with Gasteiger partial charge in [0, 0.05) is 6.42 Å². The minimum Gasteiger partial charge on any atom is -1.00 e. The van der Waals surface area contributed by atoms with Gasteiger partial charge >= 0.3 is 43.7 Å². The van der Waals surface area contributed by atoms with Gasteiger partial charge < -0.3 is 7.96 Å². The Morgan fingerprint density at radius 3 is 1.11 bits per heavy atom. The largest absolute Gasteiger partial charge is 2.00 e. The standard InChI is InChI=1S/C18H36O2.C6H6.Ca.2H/c1-2-3-4-5-6-7-8-9-10-11-12-13-14-15-16-17-18(19)20;1-2-4-6-5-3-1;;;/h2-17H2,1H3,(H,19,20);1-6H;;;/q;;+2;2*-1. The van der Waals surface area contributed by atoms with Crippen molar-refractivity contribution in [2.24, 2.45) is 0 Å². The molecule has 0 atom stereocenters. The van der Waals surface area contributed by atoms with Crippen molar-refractivity contribution in [1.29, 1.82) is 0 Å². The first kappa shape index (κ1) is 29.2. The van der Waals surface area contributed by atoms with Gasteiger partial charge in [0.15, 0.2) is 0 Å². The van der Waals surface area contributed by atoms with Gasteiger partial charge in [-0.25, -0.2) is 0 Å². The molecule has 0 aliphatic carbocycles. The van der Waals surface area contributed by atoms with Crippen LogP contribution in [0, 0.1) is 0 Å². The van der Waals surface area contributed by atoms with Crippen molar-refractivity contribution in [2.45, 2.75) is 110 Å². The molecule has 0 amide bonds. The van der Waals surface area contributed by atoms with Gasteiger partial charge in [-0.05, 0) is 6.42 Å². The van der Waals surface area contributed by atoms with Gasteiger partial charge in [-0.1, -0.05) is 133 Å². The molecule has 2 nitrogen and oxygen atoms in total. The number of benzene rings is 1. The van der Waals surface area contributed by atoms with Crippen LogP contribution in [0.1, 0.15) is 113 Å². The van der Waals surface area contributed by atoms with Gasteiger partial charge in [-0.15, -0.1) is 0 Å². The zero-order valence-corrected chi connectivity index (χ0v) is 20.0. The molecular formula is C24H44CaO2. The van der Waals surface area contributed by atoms with E-state index in [0.717, 1.165) is 12.8 Å². The maximum absolute atomic E-state index is 10.3. The molecule has 0 bridgehead atoms. The van der Waals surface area contributed by atoms with Crippen molar-refractivity contribution in [2.75, 3.05) is 0 Å². The van der Waals surface area contributed by atoms with Crippen molar-refractivity contribution >= 4 is 43.7 Å². The van der Waals surface area contributed by atoms with Crippen LogP contribution < -0.4 is 0 Å². The van der Waals surface area contributed by atoms with E-state index < -0.39 is 5.97 Å². The van der Waals surface area contributed by atoms with Crippen LogP contribution in [0.4, 0.5) is 0 Å². The molecule has 1 N–H and O–H groups in total. The fraction of sp³-hybridized carbons (Fsp3) is 0.708. The van der Waals surface area contributed by atoms with E-state index in [0.29, 0.717) is 6.42 Å². The van der Waals surface area contributed by atoms with E-state index >= 15 is 0 Å². The van der Waals surface area contributed by atoms with Crippen molar-refractivity contribution in [3.63, 3.8) is 0 Å². The second kappa shape index (κ2) is 25.9. The second-order valence-corrected chi connectivity index (χ2v) is 7.25. The first-order valence-corrected chi connectivity index (χ1v) is 11.0. The van der Waals surface area contributed by atoms with Crippen LogP contribution in [0.5, 0.6) is 0 Å². The van der Waals surface area contributed by atoms with Gasteiger partial charge in [0.1, 0.15) is 0 Å². The minimum atomic E-state index is -0.653. The molecule has 0 fully saturated rings. The summed E-state index contributed by atoms with van der Waals surface area (Å²) < 4.78 is 0. The number of hydrogen-bond acceptors (Lipinski definition) is 1. The Bertz CT molecular complexity index is 365. The Labute approximate surface area is 201 Å². The Balaban J connectivity index is -0.000000296. The van der Waals surface area contributed by atoms with E-state index in [4.69, 9.17) is 5.11 Å². The maximum Gasteiger partial charge on any atom is 2.00 e. The predicted octanol–water partition coefficient (Wildman–Crippen LogP) is 7.86. The van der Waals surface area contributed by atoms with E-state index in [-0.39, 0.29) is 40.6 Å². The molecule has 0 saturated carbocycles. The summed E-state index contributed by atoms with van der Waals surface area (Å²) in [5, 5.41) is 8.52. The Morgan fingerprint density at radius 1 is 0.593 bits per heavy atom. The topological polar surface area (TPSA) is 37.3 Å². The minimum absolute atomic E-state index is 0. The summed E-state index contributed by atoms with van der Waals surface area (Å²) in [7, 11) is 0. The molecule has 0 spiro atoms. The molecule has 27 heavy (non-hydrogen) atoms. The number of unbranched alkanes of at least 4 members (excludes halogenated alkanes) is 14. The molecule has 0 heterocycles. The molecule has 1 aromatic rings. The van der Waals surface area contributed by atoms with E-state index in [9.17, 15) is 4.79 Å². The summed E-state index contributed by atoms with van der Waals surface area (Å²) in [4.78, 5) is 10.3. The first-order valence-electron chi connectivity index (χ1n) is 11.0. The Morgan fingerprint density at radius 2 is 0.852 bits per heavy atom. The van der Waals surface area contributed by atoms with Crippen LogP contribution in [0.3, 0.4) is 0 Å². The van der Waals surface area contributed by atoms with Gasteiger partial charge in [-0.2, -0.15) is 0 Å². The van der Waals surface area contributed by atoms with Crippen LogP contribution >= 0.6 is 0 Å². The molecule has 1 rings (SSSR count). The first-order chi connectivity index (χ1) is 12.8. The average molecular weight is 405 g/mol. The van der Waals surface area contributed by atoms with E-state index in [1.807, 2.05) is 36.4 Å². The molecule has 1 aromatic carbocycles. The average Bonchev–Trinajstić information content (AvgIpc) is 2.66. The Hall–Kier alpha value is -0.0503. The molecule has 3 heteroatoms. The van der Waals surface area contributed by atoms with Crippen LogP contribution in [0.25, 0.3) is 0 Å².